The van der Waals surface area contributed by atoms with Crippen molar-refractivity contribution in [2.24, 2.45) is 0 Å². The second kappa shape index (κ2) is 2.81. The second-order valence-corrected chi connectivity index (χ2v) is 3.46. The summed E-state index contributed by atoms with van der Waals surface area (Å²) in [5, 5.41) is 0. The molecular formula is C9H15N3. The van der Waals surface area contributed by atoms with Crippen molar-refractivity contribution in [3.63, 3.8) is 0 Å². The molecule has 3 heteroatoms. The summed E-state index contributed by atoms with van der Waals surface area (Å²) >= 11 is 0. The van der Waals surface area contributed by atoms with Crippen LogP contribution in [0.25, 0.3) is 0 Å². The molecule has 0 aromatic carbocycles. The molecule has 66 valence electrons. The second-order valence-electron chi connectivity index (χ2n) is 3.46. The van der Waals surface area contributed by atoms with E-state index in [-0.39, 0.29) is 0 Å². The highest BCUT2D eigenvalue weighted by Gasteiger charge is 2.25. The number of nitrogen functional groups attached to an aromatic ring is 1. The predicted molar refractivity (Wildman–Crippen MR) is 48.9 cm³/mol. The Balaban J connectivity index is 2.21. The molecule has 0 aliphatic heterocycles. The van der Waals surface area contributed by atoms with Gasteiger partial charge in [-0.2, -0.15) is 0 Å². The van der Waals surface area contributed by atoms with Gasteiger partial charge in [-0.25, -0.2) is 4.98 Å². The summed E-state index contributed by atoms with van der Waals surface area (Å²) in [7, 11) is 0. The van der Waals surface area contributed by atoms with Gasteiger partial charge < -0.3 is 10.3 Å². The van der Waals surface area contributed by atoms with E-state index in [1.165, 1.54) is 12.8 Å². The molecule has 0 bridgehead atoms. The normalized spacial score (nSPS) is 16.8. The molecular weight excluding hydrogens is 150 g/mol. The van der Waals surface area contributed by atoms with Gasteiger partial charge in [0.1, 0.15) is 5.82 Å². The number of hydrogen-bond donors (Lipinski definition) is 1. The molecule has 2 rings (SSSR count). The highest BCUT2D eigenvalue weighted by Crippen LogP contribution is 2.37. The topological polar surface area (TPSA) is 43.8 Å². The standard InChI is InChI=1S/C9H15N3/c1-2-3-8-9(10)12(6-11-8)7-4-5-7/h6-7H,2-5,10H2,1H3. The van der Waals surface area contributed by atoms with Crippen molar-refractivity contribution < 1.29 is 0 Å². The van der Waals surface area contributed by atoms with E-state index in [9.17, 15) is 0 Å². The van der Waals surface area contributed by atoms with E-state index < -0.39 is 0 Å². The van der Waals surface area contributed by atoms with Crippen molar-refractivity contribution in [2.45, 2.75) is 38.6 Å². The maximum Gasteiger partial charge on any atom is 0.126 e. The van der Waals surface area contributed by atoms with Crippen LogP contribution in [0.4, 0.5) is 5.82 Å². The number of hydrogen-bond acceptors (Lipinski definition) is 2. The molecule has 0 amide bonds. The first kappa shape index (κ1) is 7.65. The summed E-state index contributed by atoms with van der Waals surface area (Å²) in [6.45, 7) is 2.15. The van der Waals surface area contributed by atoms with Crippen molar-refractivity contribution >= 4 is 5.82 Å². The van der Waals surface area contributed by atoms with Crippen LogP contribution >= 0.6 is 0 Å². The lowest BCUT2D eigenvalue weighted by Gasteiger charge is -2.01. The fraction of sp³-hybridized carbons (Fsp3) is 0.667. The fourth-order valence-corrected chi connectivity index (χ4v) is 1.48. The van der Waals surface area contributed by atoms with Crippen molar-refractivity contribution in [3.8, 4) is 0 Å². The average molecular weight is 165 g/mol. The largest absolute Gasteiger partial charge is 0.384 e. The van der Waals surface area contributed by atoms with Crippen LogP contribution in [0.2, 0.25) is 0 Å². The maximum absolute atomic E-state index is 5.93. The molecule has 2 N–H and O–H groups in total. The highest BCUT2D eigenvalue weighted by molar-refractivity contribution is 5.37. The molecule has 1 fully saturated rings. The Labute approximate surface area is 72.6 Å². The molecule has 0 radical (unpaired) electrons. The Bertz CT molecular complexity index is 273. The number of imidazole rings is 1. The van der Waals surface area contributed by atoms with E-state index in [0.29, 0.717) is 6.04 Å². The summed E-state index contributed by atoms with van der Waals surface area (Å²) in [5.74, 6) is 0.888. The Hall–Kier alpha value is -0.990. The van der Waals surface area contributed by atoms with Gasteiger partial charge in [-0.3, -0.25) is 0 Å². The summed E-state index contributed by atoms with van der Waals surface area (Å²) in [4.78, 5) is 4.30. The SMILES string of the molecule is CCCc1ncn(C2CC2)c1N. The third kappa shape index (κ3) is 1.19. The van der Waals surface area contributed by atoms with Crippen LogP contribution in [-0.2, 0) is 6.42 Å². The van der Waals surface area contributed by atoms with Crippen molar-refractivity contribution in [1.82, 2.24) is 9.55 Å². The quantitative estimate of drug-likeness (QED) is 0.741. The first-order chi connectivity index (χ1) is 5.83. The fourth-order valence-electron chi connectivity index (χ4n) is 1.48. The third-order valence-corrected chi connectivity index (χ3v) is 2.34. The summed E-state index contributed by atoms with van der Waals surface area (Å²) in [5.41, 5.74) is 7.00. The van der Waals surface area contributed by atoms with Gasteiger partial charge in [0.25, 0.3) is 0 Å². The monoisotopic (exact) mass is 165 g/mol. The van der Waals surface area contributed by atoms with E-state index in [2.05, 4.69) is 16.5 Å². The Morgan fingerprint density at radius 3 is 3.00 bits per heavy atom. The zero-order valence-corrected chi connectivity index (χ0v) is 7.45. The number of aryl methyl sites for hydroxylation is 1. The Morgan fingerprint density at radius 2 is 2.42 bits per heavy atom. The minimum Gasteiger partial charge on any atom is -0.384 e. The van der Waals surface area contributed by atoms with Crippen LogP contribution in [0.5, 0.6) is 0 Å². The molecule has 12 heavy (non-hydrogen) atoms. The lowest BCUT2D eigenvalue weighted by Crippen LogP contribution is -2.00. The van der Waals surface area contributed by atoms with Gasteiger partial charge in [-0.15, -0.1) is 0 Å². The number of nitrogens with zero attached hydrogens (tertiary/aromatic N) is 2. The van der Waals surface area contributed by atoms with Crippen molar-refractivity contribution in [3.05, 3.63) is 12.0 Å². The average Bonchev–Trinajstić information content (AvgIpc) is 2.82. The molecule has 1 aliphatic rings. The van der Waals surface area contributed by atoms with Gasteiger partial charge >= 0.3 is 0 Å². The number of nitrogens with two attached hydrogens (primary N) is 1. The molecule has 3 nitrogen and oxygen atoms in total. The van der Waals surface area contributed by atoms with Gasteiger partial charge in [0.15, 0.2) is 0 Å². The van der Waals surface area contributed by atoms with E-state index in [4.69, 9.17) is 5.73 Å². The molecule has 0 saturated heterocycles. The van der Waals surface area contributed by atoms with Crippen molar-refractivity contribution in [1.29, 1.82) is 0 Å². The minimum absolute atomic E-state index is 0.656. The van der Waals surface area contributed by atoms with Gasteiger partial charge in [0.2, 0.25) is 0 Å². The molecule has 1 aromatic heterocycles. The third-order valence-electron chi connectivity index (χ3n) is 2.34. The van der Waals surface area contributed by atoms with Gasteiger partial charge in [0.05, 0.1) is 12.0 Å². The molecule has 1 aromatic rings. The van der Waals surface area contributed by atoms with Crippen LogP contribution in [-0.4, -0.2) is 9.55 Å². The van der Waals surface area contributed by atoms with Crippen LogP contribution in [0.15, 0.2) is 6.33 Å². The number of aromatic nitrogens is 2. The molecule has 0 atom stereocenters. The number of rotatable bonds is 3. The van der Waals surface area contributed by atoms with E-state index in [0.717, 1.165) is 24.4 Å². The van der Waals surface area contributed by atoms with Crippen LogP contribution in [0, 0.1) is 0 Å². The van der Waals surface area contributed by atoms with Crippen LogP contribution in [0.1, 0.15) is 37.9 Å². The highest BCUT2D eigenvalue weighted by atomic mass is 15.2. The van der Waals surface area contributed by atoms with E-state index >= 15 is 0 Å². The Kier molecular flexibility index (Phi) is 1.79. The minimum atomic E-state index is 0.656. The van der Waals surface area contributed by atoms with Gasteiger partial charge in [-0.05, 0) is 19.3 Å². The van der Waals surface area contributed by atoms with Crippen molar-refractivity contribution in [2.75, 3.05) is 5.73 Å². The van der Waals surface area contributed by atoms with Crippen LogP contribution in [0.3, 0.4) is 0 Å². The Morgan fingerprint density at radius 1 is 1.67 bits per heavy atom. The summed E-state index contributed by atoms with van der Waals surface area (Å²) < 4.78 is 2.12. The maximum atomic E-state index is 5.93. The smallest absolute Gasteiger partial charge is 0.126 e. The van der Waals surface area contributed by atoms with E-state index in [1.54, 1.807) is 0 Å². The molecule has 1 aliphatic carbocycles. The van der Waals surface area contributed by atoms with Gasteiger partial charge in [0, 0.05) is 6.04 Å². The number of anilines is 1. The first-order valence-electron chi connectivity index (χ1n) is 4.64. The van der Waals surface area contributed by atoms with E-state index in [1.807, 2.05) is 6.33 Å². The lowest BCUT2D eigenvalue weighted by molar-refractivity contribution is 0.750. The molecule has 1 saturated carbocycles. The summed E-state index contributed by atoms with van der Waals surface area (Å²) in [6.07, 6.45) is 6.55. The lowest BCUT2D eigenvalue weighted by atomic mass is 10.2. The zero-order valence-electron chi connectivity index (χ0n) is 7.45. The zero-order chi connectivity index (χ0) is 8.55. The van der Waals surface area contributed by atoms with Gasteiger partial charge in [-0.1, -0.05) is 13.3 Å². The molecule has 1 heterocycles. The molecule has 0 spiro atoms. The van der Waals surface area contributed by atoms with Crippen LogP contribution < -0.4 is 5.73 Å². The first-order valence-corrected chi connectivity index (χ1v) is 4.64. The molecule has 0 unspecified atom stereocenters. The predicted octanol–water partition coefficient (Wildman–Crippen LogP) is 1.75. The summed E-state index contributed by atoms with van der Waals surface area (Å²) in [6, 6.07) is 0.656.